The quantitative estimate of drug-likeness (QED) is 0.223. The molecule has 1 spiro atoms. The second-order valence-electron chi connectivity index (χ2n) is 11.6. The molecule has 42 heavy (non-hydrogen) atoms. The monoisotopic (exact) mass is 541 g/mol. The van der Waals surface area contributed by atoms with Crippen LogP contribution in [0.2, 0.25) is 0 Å². The van der Waals surface area contributed by atoms with Crippen molar-refractivity contribution in [3.05, 3.63) is 139 Å². The van der Waals surface area contributed by atoms with Crippen molar-refractivity contribution >= 4 is 0 Å². The minimum Gasteiger partial charge on any atom is -0.264 e. The Balaban J connectivity index is 1.18. The van der Waals surface area contributed by atoms with E-state index in [-0.39, 0.29) is 5.41 Å². The Morgan fingerprint density at radius 3 is 1.83 bits per heavy atom. The molecule has 1 saturated carbocycles. The number of hydrogen-bond donors (Lipinski definition) is 0. The molecule has 2 aliphatic carbocycles. The first kappa shape index (κ1) is 24.9. The van der Waals surface area contributed by atoms with Gasteiger partial charge in [0.15, 0.2) is 0 Å². The standard InChI is InChI=1S/C39H31N3/c1-4-18-39(19-5-1)35-11-3-2-10-33(35)34-17-16-29(22-36(34)39)27-12-14-28(15-13-27)37-23-32(30-8-6-20-40-25-30)24-38(42-37)31-9-7-21-41-26-31/h2-3,6-17,20-26H,1,4-5,18-19H2. The molecule has 0 bridgehead atoms. The normalized spacial score (nSPS) is 14.9. The molecule has 0 N–H and O–H groups in total. The Hall–Kier alpha value is -4.89. The average molecular weight is 542 g/mol. The highest BCUT2D eigenvalue weighted by atomic mass is 14.7. The first-order chi connectivity index (χ1) is 20.8. The molecule has 3 aromatic heterocycles. The summed E-state index contributed by atoms with van der Waals surface area (Å²) >= 11 is 0. The van der Waals surface area contributed by atoms with E-state index in [1.165, 1.54) is 65.5 Å². The van der Waals surface area contributed by atoms with Crippen LogP contribution in [0.3, 0.4) is 0 Å². The molecule has 0 aliphatic heterocycles. The van der Waals surface area contributed by atoms with Crippen LogP contribution < -0.4 is 0 Å². The molecule has 1 fully saturated rings. The predicted octanol–water partition coefficient (Wildman–Crippen LogP) is 9.77. The van der Waals surface area contributed by atoms with Gasteiger partial charge in [-0.2, -0.15) is 0 Å². The van der Waals surface area contributed by atoms with Crippen molar-refractivity contribution in [1.82, 2.24) is 15.0 Å². The van der Waals surface area contributed by atoms with Gasteiger partial charge in [0.25, 0.3) is 0 Å². The Kier molecular flexibility index (Phi) is 6.03. The van der Waals surface area contributed by atoms with Crippen LogP contribution in [-0.2, 0) is 5.41 Å². The predicted molar refractivity (Wildman–Crippen MR) is 171 cm³/mol. The number of pyridine rings is 3. The summed E-state index contributed by atoms with van der Waals surface area (Å²) in [4.78, 5) is 13.7. The zero-order chi connectivity index (χ0) is 27.9. The summed E-state index contributed by atoms with van der Waals surface area (Å²) in [6, 6.07) is 37.5. The number of rotatable bonds is 4. The lowest BCUT2D eigenvalue weighted by molar-refractivity contribution is 0.353. The first-order valence-corrected chi connectivity index (χ1v) is 15.0. The molecule has 0 radical (unpaired) electrons. The molecule has 0 amide bonds. The molecule has 8 rings (SSSR count). The van der Waals surface area contributed by atoms with Gasteiger partial charge < -0.3 is 0 Å². The van der Waals surface area contributed by atoms with Gasteiger partial charge in [0.05, 0.1) is 11.4 Å². The molecule has 3 aromatic carbocycles. The van der Waals surface area contributed by atoms with Crippen LogP contribution in [0.5, 0.6) is 0 Å². The fourth-order valence-corrected chi connectivity index (χ4v) is 7.20. The van der Waals surface area contributed by atoms with Crippen molar-refractivity contribution in [3.8, 4) is 55.9 Å². The molecule has 202 valence electrons. The summed E-state index contributed by atoms with van der Waals surface area (Å²) in [5.41, 5.74) is 14.7. The van der Waals surface area contributed by atoms with Crippen molar-refractivity contribution in [2.45, 2.75) is 37.5 Å². The van der Waals surface area contributed by atoms with E-state index in [0.717, 1.165) is 33.6 Å². The van der Waals surface area contributed by atoms with Gasteiger partial charge in [0.2, 0.25) is 0 Å². The van der Waals surface area contributed by atoms with Gasteiger partial charge >= 0.3 is 0 Å². The smallest absolute Gasteiger partial charge is 0.0731 e. The van der Waals surface area contributed by atoms with Crippen LogP contribution in [-0.4, -0.2) is 15.0 Å². The van der Waals surface area contributed by atoms with E-state index >= 15 is 0 Å². The third-order valence-corrected chi connectivity index (χ3v) is 9.27. The molecular weight excluding hydrogens is 510 g/mol. The lowest BCUT2D eigenvalue weighted by Gasteiger charge is -2.36. The van der Waals surface area contributed by atoms with E-state index in [2.05, 4.69) is 101 Å². The summed E-state index contributed by atoms with van der Waals surface area (Å²) < 4.78 is 0. The van der Waals surface area contributed by atoms with Crippen LogP contribution in [0, 0.1) is 0 Å². The zero-order valence-corrected chi connectivity index (χ0v) is 23.5. The summed E-state index contributed by atoms with van der Waals surface area (Å²) in [6.45, 7) is 0. The number of hydrogen-bond acceptors (Lipinski definition) is 3. The van der Waals surface area contributed by atoms with Gasteiger partial charge in [-0.1, -0.05) is 86.0 Å². The van der Waals surface area contributed by atoms with Crippen molar-refractivity contribution in [3.63, 3.8) is 0 Å². The number of nitrogens with zero attached hydrogens (tertiary/aromatic N) is 3. The first-order valence-electron chi connectivity index (χ1n) is 15.0. The van der Waals surface area contributed by atoms with Crippen molar-refractivity contribution in [2.24, 2.45) is 0 Å². The van der Waals surface area contributed by atoms with Crippen molar-refractivity contribution in [1.29, 1.82) is 0 Å². The zero-order valence-electron chi connectivity index (χ0n) is 23.5. The molecule has 3 nitrogen and oxygen atoms in total. The van der Waals surface area contributed by atoms with Gasteiger partial charge in [-0.25, -0.2) is 4.98 Å². The molecular formula is C39H31N3. The highest BCUT2D eigenvalue weighted by molar-refractivity contribution is 5.84. The molecule has 0 atom stereocenters. The Morgan fingerprint density at radius 2 is 1.10 bits per heavy atom. The van der Waals surface area contributed by atoms with Crippen LogP contribution in [0.1, 0.15) is 43.2 Å². The molecule has 3 heterocycles. The van der Waals surface area contributed by atoms with Crippen LogP contribution in [0.4, 0.5) is 0 Å². The van der Waals surface area contributed by atoms with E-state index in [4.69, 9.17) is 4.98 Å². The molecule has 2 aliphatic rings. The second kappa shape index (κ2) is 10.2. The minimum atomic E-state index is 0.166. The van der Waals surface area contributed by atoms with E-state index in [1.54, 1.807) is 12.4 Å². The van der Waals surface area contributed by atoms with Gasteiger partial charge in [-0.05, 0) is 88.2 Å². The second-order valence-corrected chi connectivity index (χ2v) is 11.6. The number of aromatic nitrogens is 3. The minimum absolute atomic E-state index is 0.166. The molecule has 0 unspecified atom stereocenters. The highest BCUT2D eigenvalue weighted by Gasteiger charge is 2.43. The maximum absolute atomic E-state index is 5.07. The Morgan fingerprint density at radius 1 is 0.452 bits per heavy atom. The van der Waals surface area contributed by atoms with Gasteiger partial charge in [0.1, 0.15) is 0 Å². The van der Waals surface area contributed by atoms with Gasteiger partial charge in [-0.15, -0.1) is 0 Å². The summed E-state index contributed by atoms with van der Waals surface area (Å²) in [5.74, 6) is 0. The van der Waals surface area contributed by atoms with E-state index in [1.807, 2.05) is 24.5 Å². The molecule has 6 aromatic rings. The third kappa shape index (κ3) is 4.16. The van der Waals surface area contributed by atoms with Crippen molar-refractivity contribution < 1.29 is 0 Å². The third-order valence-electron chi connectivity index (χ3n) is 9.27. The largest absolute Gasteiger partial charge is 0.264 e. The van der Waals surface area contributed by atoms with Gasteiger partial charge in [-0.3, -0.25) is 9.97 Å². The molecule has 3 heteroatoms. The highest BCUT2D eigenvalue weighted by Crippen LogP contribution is 2.56. The maximum Gasteiger partial charge on any atom is 0.0731 e. The SMILES string of the molecule is c1cncc(-c2cc(-c3ccc(-c4ccc5c(c4)C4(CCCCC4)c4ccccc4-5)cc3)nc(-c3cccnc3)c2)c1. The Labute approximate surface area is 247 Å². The van der Waals surface area contributed by atoms with E-state index in [9.17, 15) is 0 Å². The topological polar surface area (TPSA) is 38.7 Å². The lowest BCUT2D eigenvalue weighted by Crippen LogP contribution is -2.28. The lowest BCUT2D eigenvalue weighted by atomic mass is 9.67. The van der Waals surface area contributed by atoms with E-state index < -0.39 is 0 Å². The summed E-state index contributed by atoms with van der Waals surface area (Å²) in [7, 11) is 0. The average Bonchev–Trinajstić information content (AvgIpc) is 3.34. The van der Waals surface area contributed by atoms with Crippen LogP contribution >= 0.6 is 0 Å². The summed E-state index contributed by atoms with van der Waals surface area (Å²) in [5, 5.41) is 0. The maximum atomic E-state index is 5.07. The number of fused-ring (bicyclic) bond motifs is 5. The van der Waals surface area contributed by atoms with Gasteiger partial charge in [0, 0.05) is 46.9 Å². The summed E-state index contributed by atoms with van der Waals surface area (Å²) in [6.07, 6.45) is 13.8. The van der Waals surface area contributed by atoms with Crippen molar-refractivity contribution in [2.75, 3.05) is 0 Å². The number of benzene rings is 3. The van der Waals surface area contributed by atoms with E-state index in [0.29, 0.717) is 0 Å². The fraction of sp³-hybridized carbons (Fsp3) is 0.154. The Bertz CT molecular complexity index is 1830. The van der Waals surface area contributed by atoms with Crippen LogP contribution in [0.25, 0.3) is 55.9 Å². The van der Waals surface area contributed by atoms with Crippen LogP contribution in [0.15, 0.2) is 128 Å². The molecule has 0 saturated heterocycles. The fourth-order valence-electron chi connectivity index (χ4n) is 7.20.